The summed E-state index contributed by atoms with van der Waals surface area (Å²) in [5.41, 5.74) is 0.574. The van der Waals surface area contributed by atoms with Crippen LogP contribution in [0.2, 0.25) is 0 Å². The minimum absolute atomic E-state index is 0.0701. The van der Waals surface area contributed by atoms with E-state index in [1.54, 1.807) is 0 Å². The van der Waals surface area contributed by atoms with Crippen molar-refractivity contribution in [2.75, 3.05) is 14.2 Å². The first kappa shape index (κ1) is 11.9. The van der Waals surface area contributed by atoms with Crippen LogP contribution in [0.5, 0.6) is 11.5 Å². The molecule has 1 aromatic rings. The van der Waals surface area contributed by atoms with Crippen molar-refractivity contribution < 1.29 is 19.4 Å². The highest BCUT2D eigenvalue weighted by Gasteiger charge is 2.15. The van der Waals surface area contributed by atoms with E-state index in [1.165, 1.54) is 26.4 Å². The van der Waals surface area contributed by atoms with Gasteiger partial charge in [-0.3, -0.25) is 0 Å². The molecule has 0 bridgehead atoms. The zero-order valence-corrected chi connectivity index (χ0v) is 8.98. The number of hydrogen-bond donors (Lipinski definition) is 1. The van der Waals surface area contributed by atoms with Crippen LogP contribution in [0.25, 0.3) is 0 Å². The van der Waals surface area contributed by atoms with Gasteiger partial charge in [0.25, 0.3) is 0 Å². The Labute approximate surface area is 92.8 Å². The molecule has 5 heteroatoms. The van der Waals surface area contributed by atoms with Gasteiger partial charge in [0, 0.05) is 5.56 Å². The van der Waals surface area contributed by atoms with Gasteiger partial charge in [0.2, 0.25) is 0 Å². The van der Waals surface area contributed by atoms with Crippen LogP contribution in [-0.4, -0.2) is 25.3 Å². The predicted octanol–water partition coefficient (Wildman–Crippen LogP) is 1.47. The molecule has 1 aromatic carbocycles. The van der Waals surface area contributed by atoms with Crippen LogP contribution >= 0.6 is 0 Å². The average molecular weight is 221 g/mol. The molecule has 1 rings (SSSR count). The zero-order valence-electron chi connectivity index (χ0n) is 8.98. The van der Waals surface area contributed by atoms with E-state index in [2.05, 4.69) is 0 Å². The van der Waals surface area contributed by atoms with Gasteiger partial charge in [-0.25, -0.2) is 4.79 Å². The predicted molar refractivity (Wildman–Crippen MR) is 55.8 cm³/mol. The minimum atomic E-state index is -1.07. The molecule has 0 saturated carbocycles. The van der Waals surface area contributed by atoms with Crippen LogP contribution < -0.4 is 9.47 Å². The second-order valence-corrected chi connectivity index (χ2v) is 3.01. The number of ether oxygens (including phenoxy) is 2. The summed E-state index contributed by atoms with van der Waals surface area (Å²) in [7, 11) is 2.86. The zero-order chi connectivity index (χ0) is 12.1. The van der Waals surface area contributed by atoms with E-state index in [9.17, 15) is 4.79 Å². The fourth-order valence-electron chi connectivity index (χ4n) is 1.38. The van der Waals surface area contributed by atoms with Crippen molar-refractivity contribution in [1.82, 2.24) is 0 Å². The number of benzene rings is 1. The van der Waals surface area contributed by atoms with E-state index in [4.69, 9.17) is 19.8 Å². The molecule has 0 heterocycles. The molecule has 0 aliphatic heterocycles. The van der Waals surface area contributed by atoms with Crippen molar-refractivity contribution in [2.24, 2.45) is 0 Å². The molecule has 0 atom stereocenters. The van der Waals surface area contributed by atoms with E-state index < -0.39 is 5.97 Å². The van der Waals surface area contributed by atoms with E-state index in [0.717, 1.165) is 0 Å². The third-order valence-corrected chi connectivity index (χ3v) is 2.07. The number of carboxylic acid groups (broad SMARTS) is 1. The number of hydrogen-bond acceptors (Lipinski definition) is 4. The Morgan fingerprint density at radius 3 is 2.56 bits per heavy atom. The highest BCUT2D eigenvalue weighted by molar-refractivity contribution is 5.89. The second kappa shape index (κ2) is 5.03. The summed E-state index contributed by atoms with van der Waals surface area (Å²) in [6.45, 7) is 0. The number of methoxy groups -OCH3 is 2. The van der Waals surface area contributed by atoms with Crippen LogP contribution in [0.3, 0.4) is 0 Å². The van der Waals surface area contributed by atoms with Gasteiger partial charge in [0.1, 0.15) is 0 Å². The molecular weight excluding hydrogens is 210 g/mol. The Morgan fingerprint density at radius 2 is 2.12 bits per heavy atom. The standard InChI is InChI=1S/C11H11NO4/c1-15-9-6-8(11(13)14)5-7(3-4-12)10(9)16-2/h5-6H,3H2,1-2H3,(H,13,14). The number of carboxylic acids is 1. The topological polar surface area (TPSA) is 79.5 Å². The lowest BCUT2D eigenvalue weighted by atomic mass is 10.1. The smallest absolute Gasteiger partial charge is 0.335 e. The molecule has 16 heavy (non-hydrogen) atoms. The van der Waals surface area contributed by atoms with Crippen molar-refractivity contribution in [3.63, 3.8) is 0 Å². The maximum absolute atomic E-state index is 10.8. The van der Waals surface area contributed by atoms with Crippen LogP contribution in [0.4, 0.5) is 0 Å². The fourth-order valence-corrected chi connectivity index (χ4v) is 1.38. The first-order valence-electron chi connectivity index (χ1n) is 4.49. The van der Waals surface area contributed by atoms with Crippen molar-refractivity contribution in [3.8, 4) is 17.6 Å². The second-order valence-electron chi connectivity index (χ2n) is 3.01. The Morgan fingerprint density at radius 1 is 1.44 bits per heavy atom. The summed E-state index contributed by atoms with van der Waals surface area (Å²) in [5, 5.41) is 17.5. The molecule has 0 aromatic heterocycles. The van der Waals surface area contributed by atoms with Gasteiger partial charge in [-0.1, -0.05) is 0 Å². The van der Waals surface area contributed by atoms with Gasteiger partial charge in [-0.15, -0.1) is 0 Å². The van der Waals surface area contributed by atoms with Crippen molar-refractivity contribution in [2.45, 2.75) is 6.42 Å². The molecule has 0 spiro atoms. The third kappa shape index (κ3) is 2.23. The Balaban J connectivity index is 3.38. The number of nitriles is 1. The molecule has 0 fully saturated rings. The van der Waals surface area contributed by atoms with Crippen LogP contribution in [0, 0.1) is 11.3 Å². The summed E-state index contributed by atoms with van der Waals surface area (Å²) in [5.74, 6) is -0.359. The lowest BCUT2D eigenvalue weighted by Gasteiger charge is -2.12. The van der Waals surface area contributed by atoms with Crippen LogP contribution in [-0.2, 0) is 6.42 Å². The molecule has 5 nitrogen and oxygen atoms in total. The van der Waals surface area contributed by atoms with Gasteiger partial charge in [-0.2, -0.15) is 5.26 Å². The van der Waals surface area contributed by atoms with E-state index >= 15 is 0 Å². The Hall–Kier alpha value is -2.22. The first-order valence-corrected chi connectivity index (χ1v) is 4.49. The van der Waals surface area contributed by atoms with Gasteiger partial charge in [0.15, 0.2) is 11.5 Å². The van der Waals surface area contributed by atoms with Crippen LogP contribution in [0.1, 0.15) is 15.9 Å². The number of carbonyl (C=O) groups is 1. The summed E-state index contributed by atoms with van der Waals surface area (Å²) in [4.78, 5) is 10.8. The highest BCUT2D eigenvalue weighted by atomic mass is 16.5. The van der Waals surface area contributed by atoms with Gasteiger partial charge in [0.05, 0.1) is 32.3 Å². The summed E-state index contributed by atoms with van der Waals surface area (Å²) < 4.78 is 10.1. The van der Waals surface area contributed by atoms with E-state index in [0.29, 0.717) is 17.1 Å². The number of nitrogens with zero attached hydrogens (tertiary/aromatic N) is 1. The summed E-state index contributed by atoms with van der Waals surface area (Å²) in [6.07, 6.45) is 0.0701. The lowest BCUT2D eigenvalue weighted by molar-refractivity contribution is 0.0696. The van der Waals surface area contributed by atoms with Gasteiger partial charge < -0.3 is 14.6 Å². The SMILES string of the molecule is COc1cc(C(=O)O)cc(CC#N)c1OC. The number of aromatic carboxylic acids is 1. The lowest BCUT2D eigenvalue weighted by Crippen LogP contribution is -2.02. The normalized spacial score (nSPS) is 9.31. The minimum Gasteiger partial charge on any atom is -0.493 e. The van der Waals surface area contributed by atoms with Crippen molar-refractivity contribution in [3.05, 3.63) is 23.3 Å². The maximum atomic E-state index is 10.8. The quantitative estimate of drug-likeness (QED) is 0.832. The van der Waals surface area contributed by atoms with Crippen molar-refractivity contribution in [1.29, 1.82) is 5.26 Å². The van der Waals surface area contributed by atoms with Gasteiger partial charge >= 0.3 is 5.97 Å². The molecule has 0 unspecified atom stereocenters. The molecule has 0 saturated heterocycles. The molecule has 0 aliphatic rings. The molecule has 0 aliphatic carbocycles. The van der Waals surface area contributed by atoms with Crippen molar-refractivity contribution >= 4 is 5.97 Å². The monoisotopic (exact) mass is 221 g/mol. The molecular formula is C11H11NO4. The largest absolute Gasteiger partial charge is 0.493 e. The van der Waals surface area contributed by atoms with Gasteiger partial charge in [-0.05, 0) is 12.1 Å². The average Bonchev–Trinajstić information content (AvgIpc) is 2.28. The first-order chi connectivity index (χ1) is 7.63. The van der Waals surface area contributed by atoms with E-state index in [1.807, 2.05) is 6.07 Å². The third-order valence-electron chi connectivity index (χ3n) is 2.07. The fraction of sp³-hybridized carbons (Fsp3) is 0.273. The molecule has 1 N–H and O–H groups in total. The maximum Gasteiger partial charge on any atom is 0.335 e. The molecule has 0 amide bonds. The Bertz CT molecular complexity index is 448. The van der Waals surface area contributed by atoms with Crippen LogP contribution in [0.15, 0.2) is 12.1 Å². The summed E-state index contributed by atoms with van der Waals surface area (Å²) in [6, 6.07) is 4.72. The molecule has 0 radical (unpaired) electrons. The van der Waals surface area contributed by atoms with E-state index in [-0.39, 0.29) is 12.0 Å². The summed E-state index contributed by atoms with van der Waals surface area (Å²) >= 11 is 0. The number of rotatable bonds is 4. The highest BCUT2D eigenvalue weighted by Crippen LogP contribution is 2.32. The Kier molecular flexibility index (Phi) is 3.72. The molecule has 84 valence electrons.